The summed E-state index contributed by atoms with van der Waals surface area (Å²) in [4.78, 5) is 0. The quantitative estimate of drug-likeness (QED) is 0.745. The SMILES string of the molecule is C=C1CC2(C)CC(COC)(COC)CC2=C1C. The summed E-state index contributed by atoms with van der Waals surface area (Å²) < 4.78 is 10.9. The highest BCUT2D eigenvalue weighted by Crippen LogP contribution is 2.61. The van der Waals surface area contributed by atoms with Gasteiger partial charge in [0.2, 0.25) is 0 Å². The number of hydrogen-bond donors (Lipinski definition) is 0. The van der Waals surface area contributed by atoms with E-state index in [0.29, 0.717) is 5.41 Å². The first-order valence-corrected chi connectivity index (χ1v) is 6.33. The van der Waals surface area contributed by atoms with Gasteiger partial charge in [-0.3, -0.25) is 0 Å². The van der Waals surface area contributed by atoms with Crippen molar-refractivity contribution in [1.82, 2.24) is 0 Å². The van der Waals surface area contributed by atoms with Gasteiger partial charge in [0.15, 0.2) is 0 Å². The molecule has 2 nitrogen and oxygen atoms in total. The van der Waals surface area contributed by atoms with Crippen molar-refractivity contribution in [3.63, 3.8) is 0 Å². The zero-order chi connectivity index (χ0) is 12.7. The molecule has 2 aliphatic rings. The molecule has 1 atom stereocenters. The molecule has 2 aliphatic carbocycles. The van der Waals surface area contributed by atoms with Crippen LogP contribution in [0.1, 0.15) is 33.1 Å². The third-order valence-corrected chi connectivity index (χ3v) is 4.53. The number of fused-ring (bicyclic) bond motifs is 1. The lowest BCUT2D eigenvalue weighted by Crippen LogP contribution is -2.30. The van der Waals surface area contributed by atoms with E-state index >= 15 is 0 Å². The van der Waals surface area contributed by atoms with Crippen LogP contribution in [0, 0.1) is 10.8 Å². The van der Waals surface area contributed by atoms with Crippen LogP contribution < -0.4 is 0 Å². The molecule has 17 heavy (non-hydrogen) atoms. The Morgan fingerprint density at radius 1 is 1.18 bits per heavy atom. The normalized spacial score (nSPS) is 31.2. The van der Waals surface area contributed by atoms with E-state index in [9.17, 15) is 0 Å². The Bertz CT molecular complexity index is 361. The molecule has 0 bridgehead atoms. The maximum Gasteiger partial charge on any atom is 0.0544 e. The highest BCUT2D eigenvalue weighted by molar-refractivity contribution is 5.46. The number of hydrogen-bond acceptors (Lipinski definition) is 2. The van der Waals surface area contributed by atoms with Crippen LogP contribution in [0.25, 0.3) is 0 Å². The van der Waals surface area contributed by atoms with Crippen molar-refractivity contribution in [2.24, 2.45) is 10.8 Å². The van der Waals surface area contributed by atoms with Crippen LogP contribution in [-0.2, 0) is 9.47 Å². The molecule has 0 aromatic rings. The second kappa shape index (κ2) is 4.25. The minimum atomic E-state index is 0.176. The number of methoxy groups -OCH3 is 2. The van der Waals surface area contributed by atoms with Gasteiger partial charge in [0.25, 0.3) is 0 Å². The highest BCUT2D eigenvalue weighted by atomic mass is 16.5. The molecule has 0 heterocycles. The van der Waals surface area contributed by atoms with Gasteiger partial charge in [0.05, 0.1) is 13.2 Å². The molecule has 2 rings (SSSR count). The predicted molar refractivity (Wildman–Crippen MR) is 70.0 cm³/mol. The topological polar surface area (TPSA) is 18.5 Å². The Labute approximate surface area is 105 Å². The summed E-state index contributed by atoms with van der Waals surface area (Å²) in [5, 5.41) is 0. The maximum atomic E-state index is 5.43. The van der Waals surface area contributed by atoms with Crippen LogP contribution in [0.15, 0.2) is 23.3 Å². The first kappa shape index (κ1) is 12.8. The second-order valence-electron chi connectivity index (χ2n) is 6.16. The molecule has 1 fully saturated rings. The summed E-state index contributed by atoms with van der Waals surface area (Å²) >= 11 is 0. The molecule has 0 saturated heterocycles. The smallest absolute Gasteiger partial charge is 0.0544 e. The Kier molecular flexibility index (Phi) is 3.21. The maximum absolute atomic E-state index is 5.43. The fourth-order valence-corrected chi connectivity index (χ4v) is 4.01. The summed E-state index contributed by atoms with van der Waals surface area (Å²) in [5.41, 5.74) is 4.83. The van der Waals surface area contributed by atoms with Gasteiger partial charge in [-0.15, -0.1) is 0 Å². The lowest BCUT2D eigenvalue weighted by Gasteiger charge is -2.30. The van der Waals surface area contributed by atoms with Crippen molar-refractivity contribution in [3.05, 3.63) is 23.3 Å². The van der Waals surface area contributed by atoms with Gasteiger partial charge in [0.1, 0.15) is 0 Å². The molecule has 0 aromatic heterocycles. The van der Waals surface area contributed by atoms with Crippen LogP contribution >= 0.6 is 0 Å². The highest BCUT2D eigenvalue weighted by Gasteiger charge is 2.52. The van der Waals surface area contributed by atoms with Crippen molar-refractivity contribution < 1.29 is 9.47 Å². The minimum absolute atomic E-state index is 0.176. The van der Waals surface area contributed by atoms with Crippen molar-refractivity contribution in [2.45, 2.75) is 33.1 Å². The summed E-state index contributed by atoms with van der Waals surface area (Å²) in [6.07, 6.45) is 3.38. The molecule has 0 spiro atoms. The van der Waals surface area contributed by atoms with Crippen molar-refractivity contribution >= 4 is 0 Å². The van der Waals surface area contributed by atoms with Gasteiger partial charge in [-0.05, 0) is 37.2 Å². The minimum Gasteiger partial charge on any atom is -0.384 e. The molecule has 96 valence electrons. The molecule has 0 N–H and O–H groups in total. The summed E-state index contributed by atoms with van der Waals surface area (Å²) in [7, 11) is 3.57. The first-order valence-electron chi connectivity index (χ1n) is 6.33. The number of ether oxygens (including phenoxy) is 2. The molecule has 0 aliphatic heterocycles. The van der Waals surface area contributed by atoms with Gasteiger partial charge in [-0.2, -0.15) is 0 Å². The van der Waals surface area contributed by atoms with Gasteiger partial charge < -0.3 is 9.47 Å². The summed E-state index contributed by atoms with van der Waals surface area (Å²) in [6.45, 7) is 10.4. The molecular weight excluding hydrogens is 212 g/mol. The molecule has 0 amide bonds. The van der Waals surface area contributed by atoms with E-state index < -0.39 is 0 Å². The standard InChI is InChI=1S/C15H24O2/c1-11-6-14(3)8-15(9-16-4,10-17-5)7-13(14)12(11)2/h1,6-10H2,2-5H3. The molecule has 1 unspecified atom stereocenters. The average Bonchev–Trinajstić information content (AvgIpc) is 2.60. The van der Waals surface area contributed by atoms with Gasteiger partial charge in [0, 0.05) is 19.6 Å². The Morgan fingerprint density at radius 2 is 1.76 bits per heavy atom. The summed E-state index contributed by atoms with van der Waals surface area (Å²) in [5.74, 6) is 0. The van der Waals surface area contributed by atoms with E-state index in [1.165, 1.54) is 11.1 Å². The molecule has 1 saturated carbocycles. The van der Waals surface area contributed by atoms with Gasteiger partial charge >= 0.3 is 0 Å². The van der Waals surface area contributed by atoms with E-state index in [-0.39, 0.29) is 5.41 Å². The second-order valence-corrected chi connectivity index (χ2v) is 6.16. The van der Waals surface area contributed by atoms with Crippen LogP contribution in [0.3, 0.4) is 0 Å². The molecule has 0 radical (unpaired) electrons. The predicted octanol–water partition coefficient (Wildman–Crippen LogP) is 3.34. The Hall–Kier alpha value is -0.600. The number of rotatable bonds is 4. The van der Waals surface area contributed by atoms with Crippen molar-refractivity contribution in [1.29, 1.82) is 0 Å². The molecule has 2 heteroatoms. The molecular formula is C15H24O2. The average molecular weight is 236 g/mol. The number of allylic oxidation sites excluding steroid dienone is 3. The third kappa shape index (κ3) is 1.98. The van der Waals surface area contributed by atoms with Gasteiger partial charge in [-0.25, -0.2) is 0 Å². The summed E-state index contributed by atoms with van der Waals surface area (Å²) in [6, 6.07) is 0. The largest absolute Gasteiger partial charge is 0.384 e. The van der Waals surface area contributed by atoms with E-state index in [1.807, 2.05) is 0 Å². The zero-order valence-corrected chi connectivity index (χ0v) is 11.6. The Balaban J connectivity index is 2.31. The van der Waals surface area contributed by atoms with Crippen molar-refractivity contribution in [3.8, 4) is 0 Å². The van der Waals surface area contributed by atoms with Crippen LogP contribution in [-0.4, -0.2) is 27.4 Å². The monoisotopic (exact) mass is 236 g/mol. The van der Waals surface area contributed by atoms with E-state index in [4.69, 9.17) is 9.47 Å². The van der Waals surface area contributed by atoms with Crippen LogP contribution in [0.5, 0.6) is 0 Å². The van der Waals surface area contributed by atoms with Gasteiger partial charge in [-0.1, -0.05) is 24.6 Å². The van der Waals surface area contributed by atoms with Crippen LogP contribution in [0.2, 0.25) is 0 Å². The lowest BCUT2D eigenvalue weighted by molar-refractivity contribution is 0.00750. The zero-order valence-electron chi connectivity index (χ0n) is 11.6. The third-order valence-electron chi connectivity index (χ3n) is 4.53. The lowest BCUT2D eigenvalue weighted by atomic mass is 9.79. The van der Waals surface area contributed by atoms with Crippen LogP contribution in [0.4, 0.5) is 0 Å². The first-order chi connectivity index (χ1) is 7.96. The van der Waals surface area contributed by atoms with E-state index in [1.54, 1.807) is 19.8 Å². The van der Waals surface area contributed by atoms with E-state index in [2.05, 4.69) is 20.4 Å². The van der Waals surface area contributed by atoms with E-state index in [0.717, 1.165) is 32.5 Å². The molecule has 0 aromatic carbocycles. The Morgan fingerprint density at radius 3 is 2.24 bits per heavy atom. The fraction of sp³-hybridized carbons (Fsp3) is 0.733. The van der Waals surface area contributed by atoms with Crippen molar-refractivity contribution in [2.75, 3.05) is 27.4 Å². The fourth-order valence-electron chi connectivity index (χ4n) is 4.01.